The molecule has 1 aliphatic carbocycles. The molecule has 1 fully saturated rings. The molecule has 5 nitrogen and oxygen atoms in total. The molecule has 2 rings (SSSR count). The lowest BCUT2D eigenvalue weighted by atomic mass is 9.88. The van der Waals surface area contributed by atoms with Gasteiger partial charge in [-0.15, -0.1) is 0 Å². The van der Waals surface area contributed by atoms with E-state index >= 15 is 0 Å². The van der Waals surface area contributed by atoms with E-state index in [-0.39, 0.29) is 6.10 Å². The van der Waals surface area contributed by atoms with Crippen LogP contribution >= 0.6 is 0 Å². The highest BCUT2D eigenvalue weighted by Crippen LogP contribution is 2.33. The van der Waals surface area contributed by atoms with Crippen molar-refractivity contribution in [3.05, 3.63) is 6.33 Å². The molecule has 0 spiro atoms. The first-order valence-electron chi connectivity index (χ1n) is 6.03. The summed E-state index contributed by atoms with van der Waals surface area (Å²) in [4.78, 5) is 7.98. The summed E-state index contributed by atoms with van der Waals surface area (Å²) in [6.45, 7) is 2.21. The van der Waals surface area contributed by atoms with Gasteiger partial charge in [0.15, 0.2) is 5.82 Å². The molecule has 0 saturated heterocycles. The van der Waals surface area contributed by atoms with E-state index in [2.05, 4.69) is 16.9 Å². The van der Waals surface area contributed by atoms with Crippen LogP contribution < -0.4 is 15.2 Å². The largest absolute Gasteiger partial charge is 0.489 e. The van der Waals surface area contributed by atoms with Crippen LogP contribution in [0.4, 0.5) is 5.82 Å². The van der Waals surface area contributed by atoms with Gasteiger partial charge in [0.2, 0.25) is 5.75 Å². The second-order valence-corrected chi connectivity index (χ2v) is 4.52. The van der Waals surface area contributed by atoms with Crippen molar-refractivity contribution in [2.75, 3.05) is 12.8 Å². The normalized spacial score (nSPS) is 24.4. The van der Waals surface area contributed by atoms with Gasteiger partial charge < -0.3 is 15.2 Å². The minimum atomic E-state index is 0.201. The molecule has 0 bridgehead atoms. The van der Waals surface area contributed by atoms with Crippen LogP contribution in [0.1, 0.15) is 32.6 Å². The average molecular weight is 237 g/mol. The number of anilines is 1. The molecule has 1 saturated carbocycles. The van der Waals surface area contributed by atoms with Gasteiger partial charge >= 0.3 is 0 Å². The molecule has 1 heterocycles. The summed E-state index contributed by atoms with van der Waals surface area (Å²) in [5, 5.41) is 0. The van der Waals surface area contributed by atoms with Gasteiger partial charge in [0, 0.05) is 0 Å². The molecule has 0 aliphatic heterocycles. The SMILES string of the molecule is COc1c(N)ncnc1OC1CCCCC1C. The van der Waals surface area contributed by atoms with Gasteiger partial charge in [0.05, 0.1) is 7.11 Å². The van der Waals surface area contributed by atoms with E-state index in [1.54, 1.807) is 7.11 Å². The minimum absolute atomic E-state index is 0.201. The van der Waals surface area contributed by atoms with Crippen molar-refractivity contribution in [3.63, 3.8) is 0 Å². The Kier molecular flexibility index (Phi) is 3.66. The molecule has 5 heteroatoms. The van der Waals surface area contributed by atoms with Crippen molar-refractivity contribution >= 4 is 5.82 Å². The monoisotopic (exact) mass is 237 g/mol. The summed E-state index contributed by atoms with van der Waals surface area (Å²) in [5.41, 5.74) is 5.72. The maximum Gasteiger partial charge on any atom is 0.262 e. The Labute approximate surface area is 101 Å². The van der Waals surface area contributed by atoms with Gasteiger partial charge in [-0.3, -0.25) is 0 Å². The molecular formula is C12H19N3O2. The molecule has 0 amide bonds. The van der Waals surface area contributed by atoms with E-state index in [1.165, 1.54) is 25.6 Å². The quantitative estimate of drug-likeness (QED) is 0.871. The average Bonchev–Trinajstić information content (AvgIpc) is 2.32. The predicted octanol–water partition coefficient (Wildman–Crippen LogP) is 2.02. The third kappa shape index (κ3) is 2.60. The summed E-state index contributed by atoms with van der Waals surface area (Å²) >= 11 is 0. The summed E-state index contributed by atoms with van der Waals surface area (Å²) in [6, 6.07) is 0. The lowest BCUT2D eigenvalue weighted by Gasteiger charge is -2.29. The minimum Gasteiger partial charge on any atom is -0.489 e. The summed E-state index contributed by atoms with van der Waals surface area (Å²) in [6.07, 6.45) is 6.36. The molecule has 94 valence electrons. The highest BCUT2D eigenvalue weighted by atomic mass is 16.5. The van der Waals surface area contributed by atoms with Crippen LogP contribution in [0.25, 0.3) is 0 Å². The summed E-state index contributed by atoms with van der Waals surface area (Å²) in [7, 11) is 1.55. The number of aromatic nitrogens is 2. The first kappa shape index (κ1) is 12.0. The molecule has 2 unspecified atom stereocenters. The highest BCUT2D eigenvalue weighted by molar-refractivity contribution is 5.51. The molecule has 2 atom stereocenters. The number of nitrogens with two attached hydrogens (primary N) is 1. The van der Waals surface area contributed by atoms with Crippen molar-refractivity contribution in [2.45, 2.75) is 38.7 Å². The Hall–Kier alpha value is -1.52. The van der Waals surface area contributed by atoms with E-state index < -0.39 is 0 Å². The first-order chi connectivity index (χ1) is 8.22. The Morgan fingerprint density at radius 2 is 2.06 bits per heavy atom. The zero-order valence-electron chi connectivity index (χ0n) is 10.3. The Morgan fingerprint density at radius 3 is 2.76 bits per heavy atom. The van der Waals surface area contributed by atoms with Gasteiger partial charge in [-0.1, -0.05) is 13.3 Å². The number of nitrogens with zero attached hydrogens (tertiary/aromatic N) is 2. The van der Waals surface area contributed by atoms with Crippen LogP contribution in [0.3, 0.4) is 0 Å². The fraction of sp³-hybridized carbons (Fsp3) is 0.667. The van der Waals surface area contributed by atoms with E-state index in [4.69, 9.17) is 15.2 Å². The topological polar surface area (TPSA) is 70.3 Å². The Balaban J connectivity index is 2.14. The number of nitrogen functional groups attached to an aromatic ring is 1. The van der Waals surface area contributed by atoms with E-state index in [0.29, 0.717) is 23.4 Å². The molecule has 0 aromatic carbocycles. The maximum absolute atomic E-state index is 5.91. The maximum atomic E-state index is 5.91. The second kappa shape index (κ2) is 5.21. The van der Waals surface area contributed by atoms with Gasteiger partial charge in [-0.05, 0) is 25.2 Å². The Morgan fingerprint density at radius 1 is 1.29 bits per heavy atom. The van der Waals surface area contributed by atoms with Crippen LogP contribution in [0, 0.1) is 5.92 Å². The summed E-state index contributed by atoms with van der Waals surface area (Å²) < 4.78 is 11.1. The van der Waals surface area contributed by atoms with Gasteiger partial charge in [0.25, 0.3) is 5.88 Å². The smallest absolute Gasteiger partial charge is 0.262 e. The van der Waals surface area contributed by atoms with Crippen molar-refractivity contribution in [3.8, 4) is 11.6 Å². The fourth-order valence-corrected chi connectivity index (χ4v) is 2.25. The zero-order chi connectivity index (χ0) is 12.3. The number of rotatable bonds is 3. The third-order valence-corrected chi connectivity index (χ3v) is 3.30. The van der Waals surface area contributed by atoms with Gasteiger partial charge in [0.1, 0.15) is 12.4 Å². The molecule has 17 heavy (non-hydrogen) atoms. The lowest BCUT2D eigenvalue weighted by Crippen LogP contribution is -2.28. The van der Waals surface area contributed by atoms with E-state index in [1.807, 2.05) is 0 Å². The third-order valence-electron chi connectivity index (χ3n) is 3.30. The van der Waals surface area contributed by atoms with Gasteiger partial charge in [-0.25, -0.2) is 4.98 Å². The van der Waals surface area contributed by atoms with Crippen molar-refractivity contribution < 1.29 is 9.47 Å². The molecule has 1 aliphatic rings. The first-order valence-corrected chi connectivity index (χ1v) is 6.03. The number of ether oxygens (including phenoxy) is 2. The van der Waals surface area contributed by atoms with Crippen molar-refractivity contribution in [1.82, 2.24) is 9.97 Å². The zero-order valence-corrected chi connectivity index (χ0v) is 10.3. The van der Waals surface area contributed by atoms with E-state index in [9.17, 15) is 0 Å². The number of hydrogen-bond acceptors (Lipinski definition) is 5. The van der Waals surface area contributed by atoms with E-state index in [0.717, 1.165) is 6.42 Å². The lowest BCUT2D eigenvalue weighted by molar-refractivity contribution is 0.0938. The Bertz CT molecular complexity index is 384. The van der Waals surface area contributed by atoms with Crippen molar-refractivity contribution in [2.24, 2.45) is 5.92 Å². The van der Waals surface area contributed by atoms with Crippen LogP contribution in [-0.4, -0.2) is 23.2 Å². The molecule has 1 aromatic heterocycles. The second-order valence-electron chi connectivity index (χ2n) is 4.52. The molecule has 0 radical (unpaired) electrons. The molecular weight excluding hydrogens is 218 g/mol. The molecule has 1 aromatic rings. The highest BCUT2D eigenvalue weighted by Gasteiger charge is 2.25. The van der Waals surface area contributed by atoms with Crippen LogP contribution in [0.2, 0.25) is 0 Å². The number of methoxy groups -OCH3 is 1. The van der Waals surface area contributed by atoms with Crippen LogP contribution in [0.15, 0.2) is 6.33 Å². The molecule has 2 N–H and O–H groups in total. The fourth-order valence-electron chi connectivity index (χ4n) is 2.25. The van der Waals surface area contributed by atoms with Gasteiger partial charge in [-0.2, -0.15) is 4.98 Å². The standard InChI is InChI=1S/C12H19N3O2/c1-8-5-3-4-6-9(8)17-12-10(16-2)11(13)14-7-15-12/h7-9H,3-6H2,1-2H3,(H2,13,14,15). The predicted molar refractivity (Wildman–Crippen MR) is 65.0 cm³/mol. The number of hydrogen-bond donors (Lipinski definition) is 1. The van der Waals surface area contributed by atoms with Crippen LogP contribution in [0.5, 0.6) is 11.6 Å². The van der Waals surface area contributed by atoms with Crippen LogP contribution in [-0.2, 0) is 0 Å². The summed E-state index contributed by atoms with van der Waals surface area (Å²) in [5.74, 6) is 1.76. The van der Waals surface area contributed by atoms with Crippen molar-refractivity contribution in [1.29, 1.82) is 0 Å².